The van der Waals surface area contributed by atoms with E-state index < -0.39 is 18.9 Å². The van der Waals surface area contributed by atoms with Crippen molar-refractivity contribution < 1.29 is 13.6 Å². The monoisotopic (exact) mass is 215 g/mol. The third kappa shape index (κ3) is 3.59. The van der Waals surface area contributed by atoms with Crippen LogP contribution in [0, 0.1) is 0 Å². The summed E-state index contributed by atoms with van der Waals surface area (Å²) in [5.41, 5.74) is 6.15. The molecular formula is C9H11F2N3O. The van der Waals surface area contributed by atoms with E-state index in [2.05, 4.69) is 10.3 Å². The number of nitrogens with two attached hydrogens (primary N) is 1. The van der Waals surface area contributed by atoms with Gasteiger partial charge in [0.1, 0.15) is 0 Å². The summed E-state index contributed by atoms with van der Waals surface area (Å²) in [6.45, 7) is -0.449. The minimum Gasteiger partial charge on any atom is -0.346 e. The maximum Gasteiger partial charge on any atom is 0.255 e. The van der Waals surface area contributed by atoms with Crippen LogP contribution in [0.25, 0.3) is 0 Å². The molecule has 0 aliphatic rings. The Balaban J connectivity index is 2.65. The number of aromatic nitrogens is 1. The lowest BCUT2D eigenvalue weighted by molar-refractivity contribution is 0.0891. The molecule has 0 atom stereocenters. The van der Waals surface area contributed by atoms with Crippen molar-refractivity contribution in [3.8, 4) is 0 Å². The molecule has 15 heavy (non-hydrogen) atoms. The van der Waals surface area contributed by atoms with E-state index in [1.54, 1.807) is 0 Å². The third-order valence-corrected chi connectivity index (χ3v) is 1.70. The molecule has 4 nitrogen and oxygen atoms in total. The maximum absolute atomic E-state index is 11.8. The molecule has 0 saturated heterocycles. The fourth-order valence-electron chi connectivity index (χ4n) is 1.00. The van der Waals surface area contributed by atoms with Crippen molar-refractivity contribution in [2.45, 2.75) is 13.0 Å². The van der Waals surface area contributed by atoms with Crippen LogP contribution in [0.2, 0.25) is 0 Å². The first-order chi connectivity index (χ1) is 7.13. The molecule has 1 rings (SSSR count). The average Bonchev–Trinajstić information content (AvgIpc) is 2.26. The highest BCUT2D eigenvalue weighted by Gasteiger charge is 2.09. The van der Waals surface area contributed by atoms with Crippen molar-refractivity contribution in [3.63, 3.8) is 0 Å². The van der Waals surface area contributed by atoms with E-state index in [1.165, 1.54) is 18.3 Å². The van der Waals surface area contributed by atoms with Crippen LogP contribution in [0.15, 0.2) is 18.3 Å². The van der Waals surface area contributed by atoms with Crippen LogP contribution >= 0.6 is 0 Å². The smallest absolute Gasteiger partial charge is 0.255 e. The Morgan fingerprint density at radius 2 is 2.33 bits per heavy atom. The van der Waals surface area contributed by atoms with Crippen molar-refractivity contribution in [3.05, 3.63) is 29.6 Å². The number of hydrogen-bond donors (Lipinski definition) is 2. The Morgan fingerprint density at radius 3 is 2.93 bits per heavy atom. The molecule has 0 saturated carbocycles. The number of nitrogens with one attached hydrogen (secondary N) is 1. The first kappa shape index (κ1) is 11.5. The van der Waals surface area contributed by atoms with Gasteiger partial charge in [0.25, 0.3) is 12.3 Å². The minimum absolute atomic E-state index is 0.204. The van der Waals surface area contributed by atoms with Crippen LogP contribution in [0.1, 0.15) is 16.1 Å². The molecule has 3 N–H and O–H groups in total. The van der Waals surface area contributed by atoms with Crippen LogP contribution in [0.5, 0.6) is 0 Å². The van der Waals surface area contributed by atoms with Crippen molar-refractivity contribution in [2.75, 3.05) is 6.54 Å². The molecule has 0 aromatic carbocycles. The second kappa shape index (κ2) is 5.35. The van der Waals surface area contributed by atoms with Crippen LogP contribution in [0.3, 0.4) is 0 Å². The van der Waals surface area contributed by atoms with Crippen molar-refractivity contribution in [1.82, 2.24) is 10.3 Å². The zero-order chi connectivity index (χ0) is 11.3. The lowest BCUT2D eigenvalue weighted by atomic mass is 10.2. The fraction of sp³-hybridized carbons (Fsp3) is 0.333. The van der Waals surface area contributed by atoms with Gasteiger partial charge in [-0.05, 0) is 12.1 Å². The second-order valence-electron chi connectivity index (χ2n) is 2.84. The Hall–Kier alpha value is -1.56. The van der Waals surface area contributed by atoms with Gasteiger partial charge in [-0.1, -0.05) is 0 Å². The first-order valence-electron chi connectivity index (χ1n) is 4.35. The van der Waals surface area contributed by atoms with Gasteiger partial charge in [0, 0.05) is 18.3 Å². The molecule has 0 aliphatic heterocycles. The largest absolute Gasteiger partial charge is 0.346 e. The van der Waals surface area contributed by atoms with Crippen LogP contribution in [0.4, 0.5) is 8.78 Å². The van der Waals surface area contributed by atoms with E-state index in [1.807, 2.05) is 0 Å². The van der Waals surface area contributed by atoms with E-state index in [4.69, 9.17) is 5.73 Å². The predicted molar refractivity (Wildman–Crippen MR) is 50.5 cm³/mol. The van der Waals surface area contributed by atoms with E-state index in [-0.39, 0.29) is 12.1 Å². The third-order valence-electron chi connectivity index (χ3n) is 1.70. The van der Waals surface area contributed by atoms with Gasteiger partial charge in [0.15, 0.2) is 0 Å². The Kier molecular flexibility index (Phi) is 4.11. The standard InChI is InChI=1S/C9H11F2N3O/c10-8(11)5-14-9(15)6-1-2-13-7(3-6)4-12/h1-3,8H,4-5,12H2,(H,14,15). The van der Waals surface area contributed by atoms with E-state index in [0.717, 1.165) is 0 Å². The summed E-state index contributed by atoms with van der Waals surface area (Å²) in [7, 11) is 0. The average molecular weight is 215 g/mol. The lowest BCUT2D eigenvalue weighted by Crippen LogP contribution is -2.28. The molecule has 1 aromatic rings. The molecule has 0 radical (unpaired) electrons. The molecule has 0 fully saturated rings. The minimum atomic E-state index is -2.55. The van der Waals surface area contributed by atoms with E-state index in [0.29, 0.717) is 5.69 Å². The second-order valence-corrected chi connectivity index (χ2v) is 2.84. The number of pyridine rings is 1. The highest BCUT2D eigenvalue weighted by molar-refractivity contribution is 5.94. The topological polar surface area (TPSA) is 68.0 Å². The van der Waals surface area contributed by atoms with Gasteiger partial charge >= 0.3 is 0 Å². The number of carbonyl (C=O) groups excluding carboxylic acids is 1. The summed E-state index contributed by atoms with van der Waals surface area (Å²) >= 11 is 0. The Bertz CT molecular complexity index is 344. The summed E-state index contributed by atoms with van der Waals surface area (Å²) < 4.78 is 23.6. The van der Waals surface area contributed by atoms with Crippen LogP contribution in [-0.2, 0) is 6.54 Å². The molecule has 1 aromatic heterocycles. The molecule has 0 spiro atoms. The van der Waals surface area contributed by atoms with Gasteiger partial charge in [0.05, 0.1) is 12.2 Å². The van der Waals surface area contributed by atoms with Gasteiger partial charge in [0.2, 0.25) is 0 Å². The van der Waals surface area contributed by atoms with Gasteiger partial charge in [-0.2, -0.15) is 0 Å². The summed E-state index contributed by atoms with van der Waals surface area (Å²) in [4.78, 5) is 15.2. The molecular weight excluding hydrogens is 204 g/mol. The molecule has 0 bridgehead atoms. The summed E-state index contributed by atoms with van der Waals surface area (Å²) in [5, 5.41) is 2.09. The van der Waals surface area contributed by atoms with Crippen LogP contribution < -0.4 is 11.1 Å². The van der Waals surface area contributed by atoms with Gasteiger partial charge in [-0.25, -0.2) is 8.78 Å². The molecule has 82 valence electrons. The summed E-state index contributed by atoms with van der Waals surface area (Å²) in [6, 6.07) is 2.92. The highest BCUT2D eigenvalue weighted by atomic mass is 19.3. The zero-order valence-electron chi connectivity index (χ0n) is 7.91. The summed E-state index contributed by atoms with van der Waals surface area (Å²) in [5.74, 6) is -0.549. The first-order valence-corrected chi connectivity index (χ1v) is 4.35. The highest BCUT2D eigenvalue weighted by Crippen LogP contribution is 2.01. The number of nitrogens with zero attached hydrogens (tertiary/aromatic N) is 1. The van der Waals surface area contributed by atoms with E-state index in [9.17, 15) is 13.6 Å². The number of amides is 1. The molecule has 0 unspecified atom stereocenters. The predicted octanol–water partition coefficient (Wildman–Crippen LogP) is 0.535. The molecule has 0 aliphatic carbocycles. The molecule has 6 heteroatoms. The normalized spacial score (nSPS) is 10.4. The number of hydrogen-bond acceptors (Lipinski definition) is 3. The SMILES string of the molecule is NCc1cc(C(=O)NCC(F)F)ccn1. The van der Waals surface area contributed by atoms with Gasteiger partial charge in [-0.15, -0.1) is 0 Å². The van der Waals surface area contributed by atoms with Crippen molar-refractivity contribution >= 4 is 5.91 Å². The molecule has 1 heterocycles. The molecule has 1 amide bonds. The van der Waals surface area contributed by atoms with Crippen LogP contribution in [-0.4, -0.2) is 23.9 Å². The zero-order valence-corrected chi connectivity index (χ0v) is 7.91. The number of alkyl halides is 2. The quantitative estimate of drug-likeness (QED) is 0.770. The fourth-order valence-corrected chi connectivity index (χ4v) is 1.00. The van der Waals surface area contributed by atoms with Gasteiger partial charge < -0.3 is 11.1 Å². The Morgan fingerprint density at radius 1 is 1.60 bits per heavy atom. The number of rotatable bonds is 4. The van der Waals surface area contributed by atoms with E-state index >= 15 is 0 Å². The summed E-state index contributed by atoms with van der Waals surface area (Å²) in [6.07, 6.45) is -1.13. The lowest BCUT2D eigenvalue weighted by Gasteiger charge is -2.04. The van der Waals surface area contributed by atoms with Crippen molar-refractivity contribution in [2.24, 2.45) is 5.73 Å². The number of carbonyl (C=O) groups is 1. The van der Waals surface area contributed by atoms with Gasteiger partial charge in [-0.3, -0.25) is 9.78 Å². The maximum atomic E-state index is 11.8. The number of halogens is 2. The Labute approximate surface area is 85.5 Å². The van der Waals surface area contributed by atoms with Crippen molar-refractivity contribution in [1.29, 1.82) is 0 Å².